The lowest BCUT2D eigenvalue weighted by molar-refractivity contribution is -0.144. The van der Waals surface area contributed by atoms with Crippen molar-refractivity contribution >= 4 is 69.8 Å². The summed E-state index contributed by atoms with van der Waals surface area (Å²) in [6, 6.07) is 16.2. The molecule has 76 heavy (non-hydrogen) atoms. The van der Waals surface area contributed by atoms with Crippen molar-refractivity contribution in [2.75, 3.05) is 44.9 Å². The molecule has 1 aliphatic rings. The number of nitrogens with one attached hydrogen (secondary N) is 7. The molecule has 3 aromatic heterocycles. The van der Waals surface area contributed by atoms with Gasteiger partial charge in [0.05, 0.1) is 57.4 Å². The summed E-state index contributed by atoms with van der Waals surface area (Å²) < 4.78 is 5.55. The number of aromatic nitrogens is 3. The number of carbonyl (C=O) groups is 6. The number of ether oxygens (including phenoxy) is 1. The van der Waals surface area contributed by atoms with Crippen LogP contribution in [-0.2, 0) is 20.9 Å². The van der Waals surface area contributed by atoms with Crippen LogP contribution in [0.4, 0.5) is 23.0 Å². The molecule has 1 aliphatic heterocycles. The van der Waals surface area contributed by atoms with Crippen LogP contribution in [-0.4, -0.2) is 113 Å². The number of aryl methyl sites for hydroxylation is 1. The number of β-amino-alcohol motifs (C(OH)–C–C–N with tert-alkyl or cyclic N) is 1. The molecule has 0 bridgehead atoms. The largest absolute Gasteiger partial charge is 0.494 e. The summed E-state index contributed by atoms with van der Waals surface area (Å²) in [6.45, 7) is 8.45. The van der Waals surface area contributed by atoms with Gasteiger partial charge in [-0.15, -0.1) is 11.3 Å². The van der Waals surface area contributed by atoms with Gasteiger partial charge in [0, 0.05) is 65.0 Å². The number of carbonyl (C=O) groups excluding carboxylic acids is 6. The van der Waals surface area contributed by atoms with Gasteiger partial charge in [-0.1, -0.05) is 96.0 Å². The third kappa shape index (κ3) is 16.0. The number of thiazole rings is 1. The Balaban J connectivity index is 0.845. The molecule has 20 heteroatoms. The molecule has 0 unspecified atom stereocenters. The van der Waals surface area contributed by atoms with Gasteiger partial charge in [0.1, 0.15) is 23.7 Å². The Hall–Kier alpha value is -7.45. The Bertz CT molecular complexity index is 2780. The number of aliphatic hydroxyl groups excluding tert-OH is 1. The molecule has 19 nitrogen and oxygen atoms in total. The zero-order chi connectivity index (χ0) is 54.8. The first-order valence-electron chi connectivity index (χ1n) is 26.0. The third-order valence-corrected chi connectivity index (χ3v) is 14.2. The molecule has 0 aliphatic carbocycles. The predicted molar refractivity (Wildman–Crippen MR) is 295 cm³/mol. The molecular formula is C56H73N11O8S. The number of benzene rings is 2. The lowest BCUT2D eigenvalue weighted by Crippen LogP contribution is -2.57. The molecular weight excluding hydrogens is 987 g/mol. The fraction of sp³-hybridized carbons (Fsp3) is 0.446. The number of amides is 6. The number of nitrogens with zero attached hydrogens (tertiary/aromatic N) is 4. The highest BCUT2D eigenvalue weighted by molar-refractivity contribution is 7.13. The second-order valence-electron chi connectivity index (χ2n) is 20.0. The Labute approximate surface area is 449 Å². The summed E-state index contributed by atoms with van der Waals surface area (Å²) in [5.74, 6) is -0.742. The van der Waals surface area contributed by atoms with E-state index in [9.17, 15) is 33.9 Å². The number of likely N-dealkylation sites (tertiary alicyclic amines) is 1. The van der Waals surface area contributed by atoms with E-state index in [0.29, 0.717) is 59.3 Å². The zero-order valence-corrected chi connectivity index (χ0v) is 45.5. The van der Waals surface area contributed by atoms with Gasteiger partial charge in [-0.3, -0.25) is 28.8 Å². The first-order valence-corrected chi connectivity index (χ1v) is 26.8. The summed E-state index contributed by atoms with van der Waals surface area (Å²) in [4.78, 5) is 94.4. The van der Waals surface area contributed by atoms with E-state index in [1.165, 1.54) is 38.5 Å². The SMILES string of the molecule is CNC(=O)c1cnc(Nc2ccc(C(=O)NCCCCCCCCCCCC(=O)N[C@H](C(=O)N3C[C@H](O)C[C@H]3C(=O)NCc3ccc(-c4scnc4C)cc3)C(C)(C)C)cn2)cc1Nc1cccc(C(=O)NC)c1OC. The van der Waals surface area contributed by atoms with Crippen molar-refractivity contribution in [1.29, 1.82) is 0 Å². The van der Waals surface area contributed by atoms with Crippen molar-refractivity contribution in [2.45, 2.75) is 123 Å². The van der Waals surface area contributed by atoms with E-state index in [4.69, 9.17) is 4.74 Å². The molecule has 406 valence electrons. The maximum atomic E-state index is 14.0. The summed E-state index contributed by atoms with van der Waals surface area (Å²) >= 11 is 1.58. The monoisotopic (exact) mass is 1060 g/mol. The normalized spacial score (nSPS) is 14.6. The van der Waals surface area contributed by atoms with Crippen molar-refractivity contribution in [3.63, 3.8) is 0 Å². The van der Waals surface area contributed by atoms with Crippen molar-refractivity contribution in [1.82, 2.24) is 46.4 Å². The van der Waals surface area contributed by atoms with Gasteiger partial charge >= 0.3 is 0 Å². The summed E-state index contributed by atoms with van der Waals surface area (Å²) in [6.07, 6.45) is 11.1. The topological polar surface area (TPSA) is 258 Å². The highest BCUT2D eigenvalue weighted by Crippen LogP contribution is 2.34. The average molecular weight is 1060 g/mol. The second-order valence-corrected chi connectivity index (χ2v) is 20.8. The molecule has 0 saturated carbocycles. The molecule has 3 atom stereocenters. The van der Waals surface area contributed by atoms with E-state index in [1.54, 1.807) is 47.7 Å². The van der Waals surface area contributed by atoms with Gasteiger partial charge < -0.3 is 52.0 Å². The highest BCUT2D eigenvalue weighted by atomic mass is 32.1. The van der Waals surface area contributed by atoms with Gasteiger partial charge in [0.15, 0.2) is 5.75 Å². The maximum Gasteiger partial charge on any atom is 0.254 e. The Morgan fingerprint density at radius 3 is 2.07 bits per heavy atom. The fourth-order valence-electron chi connectivity index (χ4n) is 8.96. The highest BCUT2D eigenvalue weighted by Gasteiger charge is 2.44. The van der Waals surface area contributed by atoms with E-state index in [2.05, 4.69) is 52.2 Å². The number of unbranched alkanes of at least 4 members (excludes halogenated alkanes) is 8. The van der Waals surface area contributed by atoms with Crippen molar-refractivity contribution in [2.24, 2.45) is 5.41 Å². The zero-order valence-electron chi connectivity index (χ0n) is 44.6. The fourth-order valence-corrected chi connectivity index (χ4v) is 9.77. The Kier molecular flexibility index (Phi) is 21.2. The first kappa shape index (κ1) is 57.8. The van der Waals surface area contributed by atoms with Crippen molar-refractivity contribution < 1.29 is 38.6 Å². The summed E-state index contributed by atoms with van der Waals surface area (Å²) in [5.41, 5.74) is 5.97. The molecule has 6 rings (SSSR count). The van der Waals surface area contributed by atoms with Gasteiger partial charge in [-0.2, -0.15) is 0 Å². The minimum absolute atomic E-state index is 0.0207. The van der Waals surface area contributed by atoms with Crippen LogP contribution < -0.4 is 42.0 Å². The van der Waals surface area contributed by atoms with E-state index in [0.717, 1.165) is 73.1 Å². The summed E-state index contributed by atoms with van der Waals surface area (Å²) in [5, 5.41) is 31.0. The van der Waals surface area contributed by atoms with Crippen LogP contribution in [0.15, 0.2) is 78.6 Å². The number of para-hydroxylation sites is 1. The molecule has 5 aromatic rings. The standard InChI is InChI=1S/C56H73N11O8S/c1-35-49(76-34-63-35)37-23-21-36(22-24-37)30-62-54(73)44-28-39(68)33-67(44)55(74)50(56(2,3)4)66-47(69)20-15-13-11-9-8-10-12-14-16-27-59-51(70)38-25-26-45(60-31-38)65-46-29-43(41(32-61-46)53(72)58-6)64-42-19-17-18-40(48(42)75-7)52(71)57-5/h17-19,21-26,29,31-32,34,39,44,50,68H,8-16,20,27-28,30,33H2,1-7H3,(H,57,71)(H,58,72)(H,59,70)(H,62,73)(H,66,69)(H2,60,61,64,65)/t39-,44+,50-/m1/s1. The number of methoxy groups -OCH3 is 1. The van der Waals surface area contributed by atoms with Crippen LogP contribution in [0.3, 0.4) is 0 Å². The van der Waals surface area contributed by atoms with Crippen LogP contribution in [0.25, 0.3) is 10.4 Å². The van der Waals surface area contributed by atoms with E-state index in [1.807, 2.05) is 57.5 Å². The smallest absolute Gasteiger partial charge is 0.254 e. The van der Waals surface area contributed by atoms with Gasteiger partial charge in [0.2, 0.25) is 17.7 Å². The van der Waals surface area contributed by atoms with Crippen LogP contribution >= 0.6 is 11.3 Å². The minimum Gasteiger partial charge on any atom is -0.494 e. The van der Waals surface area contributed by atoms with E-state index < -0.39 is 23.6 Å². The lowest BCUT2D eigenvalue weighted by atomic mass is 9.85. The first-order chi connectivity index (χ1) is 36.5. The third-order valence-electron chi connectivity index (χ3n) is 13.2. The maximum absolute atomic E-state index is 14.0. The molecule has 4 heterocycles. The summed E-state index contributed by atoms with van der Waals surface area (Å²) in [7, 11) is 4.50. The molecule has 0 radical (unpaired) electrons. The van der Waals surface area contributed by atoms with Crippen molar-refractivity contribution in [3.8, 4) is 16.2 Å². The van der Waals surface area contributed by atoms with Crippen LogP contribution in [0, 0.1) is 12.3 Å². The Morgan fingerprint density at radius 1 is 0.763 bits per heavy atom. The molecule has 0 spiro atoms. The Morgan fingerprint density at radius 2 is 1.43 bits per heavy atom. The van der Waals surface area contributed by atoms with E-state index >= 15 is 0 Å². The number of hydrogen-bond acceptors (Lipinski definition) is 14. The van der Waals surface area contributed by atoms with E-state index in [-0.39, 0.29) is 60.5 Å². The average Bonchev–Trinajstić information content (AvgIpc) is 4.04. The van der Waals surface area contributed by atoms with Crippen molar-refractivity contribution in [3.05, 3.63) is 107 Å². The van der Waals surface area contributed by atoms with Crippen LogP contribution in [0.2, 0.25) is 0 Å². The molecule has 6 amide bonds. The van der Waals surface area contributed by atoms with Crippen LogP contribution in [0.5, 0.6) is 5.75 Å². The van der Waals surface area contributed by atoms with Gasteiger partial charge in [-0.25, -0.2) is 15.0 Å². The molecule has 8 N–H and O–H groups in total. The second kappa shape index (κ2) is 27.9. The minimum atomic E-state index is -0.865. The van der Waals surface area contributed by atoms with Gasteiger partial charge in [-0.05, 0) is 60.6 Å². The molecule has 1 fully saturated rings. The number of pyridine rings is 2. The van der Waals surface area contributed by atoms with Crippen LogP contribution in [0.1, 0.15) is 134 Å². The van der Waals surface area contributed by atoms with Gasteiger partial charge in [0.25, 0.3) is 17.7 Å². The predicted octanol–water partition coefficient (Wildman–Crippen LogP) is 7.56. The lowest BCUT2D eigenvalue weighted by Gasteiger charge is -2.35. The quantitative estimate of drug-likeness (QED) is 0.0249. The molecule has 2 aromatic carbocycles. The number of hydrogen-bond donors (Lipinski definition) is 8. The number of aliphatic hydroxyl groups is 1. The number of rotatable bonds is 26. The molecule has 1 saturated heterocycles. The number of anilines is 4.